The molecule has 1 aromatic rings. The highest BCUT2D eigenvalue weighted by molar-refractivity contribution is 5.94. The average Bonchev–Trinajstić information content (AvgIpc) is 2.51. The molecule has 2 N–H and O–H groups in total. The Bertz CT molecular complexity index is 542. The van der Waals surface area contributed by atoms with Gasteiger partial charge in [0.25, 0.3) is 5.91 Å². The number of benzene rings is 1. The fraction of sp³-hybridized carbons (Fsp3) is 0.533. The van der Waals surface area contributed by atoms with Gasteiger partial charge < -0.3 is 15.5 Å². The van der Waals surface area contributed by atoms with Gasteiger partial charge in [-0.3, -0.25) is 4.79 Å². The number of carbonyl (C=O) groups is 1. The van der Waals surface area contributed by atoms with E-state index < -0.39 is 23.5 Å². The average molecular weight is 333 g/mol. The summed E-state index contributed by atoms with van der Waals surface area (Å²) in [5.41, 5.74) is -1.62. The van der Waals surface area contributed by atoms with Gasteiger partial charge in [0.1, 0.15) is 5.82 Å². The topological polar surface area (TPSA) is 44.4 Å². The predicted octanol–water partition coefficient (Wildman–Crippen LogP) is 1.87. The lowest BCUT2D eigenvalue weighted by Gasteiger charge is -2.27. The first-order valence-corrected chi connectivity index (χ1v) is 7.46. The highest BCUT2D eigenvalue weighted by Gasteiger charge is 2.34. The maximum absolute atomic E-state index is 13.2. The van der Waals surface area contributed by atoms with Gasteiger partial charge in [0.2, 0.25) is 0 Å². The summed E-state index contributed by atoms with van der Waals surface area (Å²) in [6, 6.07) is 2.26. The SMILES string of the molecule is O=C(NCCCN1CCNCC1)c1ccc(F)c(C(F)(F)F)c1. The van der Waals surface area contributed by atoms with Gasteiger partial charge >= 0.3 is 6.18 Å². The van der Waals surface area contributed by atoms with Crippen LogP contribution < -0.4 is 10.6 Å². The molecule has 2 rings (SSSR count). The summed E-state index contributed by atoms with van der Waals surface area (Å²) in [6.07, 6.45) is -4.11. The Morgan fingerprint density at radius 2 is 1.96 bits per heavy atom. The molecule has 0 atom stereocenters. The lowest BCUT2D eigenvalue weighted by Crippen LogP contribution is -2.44. The molecule has 0 aromatic heterocycles. The maximum atomic E-state index is 13.2. The summed E-state index contributed by atoms with van der Waals surface area (Å²) in [5, 5.41) is 5.80. The van der Waals surface area contributed by atoms with Crippen LogP contribution in [-0.2, 0) is 6.18 Å². The molecule has 1 aliphatic heterocycles. The van der Waals surface area contributed by atoms with Crippen molar-refractivity contribution in [3.05, 3.63) is 35.1 Å². The third-order valence-electron chi connectivity index (χ3n) is 3.68. The molecule has 0 aliphatic carbocycles. The van der Waals surface area contributed by atoms with Crippen LogP contribution in [0.3, 0.4) is 0 Å². The van der Waals surface area contributed by atoms with E-state index in [9.17, 15) is 22.4 Å². The zero-order chi connectivity index (χ0) is 16.9. The van der Waals surface area contributed by atoms with Crippen LogP contribution in [-0.4, -0.2) is 50.1 Å². The minimum Gasteiger partial charge on any atom is -0.352 e. The van der Waals surface area contributed by atoms with Crippen LogP contribution in [0.25, 0.3) is 0 Å². The number of nitrogens with one attached hydrogen (secondary N) is 2. The minimum absolute atomic E-state index is 0.194. The first-order valence-electron chi connectivity index (χ1n) is 7.46. The molecular weight excluding hydrogens is 314 g/mol. The van der Waals surface area contributed by atoms with Crippen LogP contribution in [0.15, 0.2) is 18.2 Å². The summed E-state index contributed by atoms with van der Waals surface area (Å²) in [5.74, 6) is -2.01. The van der Waals surface area contributed by atoms with Crippen molar-refractivity contribution in [2.24, 2.45) is 0 Å². The van der Waals surface area contributed by atoms with Gasteiger partial charge in [-0.15, -0.1) is 0 Å². The van der Waals surface area contributed by atoms with Crippen LogP contribution in [0.4, 0.5) is 17.6 Å². The summed E-state index contributed by atoms with van der Waals surface area (Å²) in [4.78, 5) is 14.1. The van der Waals surface area contributed by atoms with E-state index in [1.54, 1.807) is 0 Å². The number of carbonyl (C=O) groups excluding carboxylic acids is 1. The number of piperazine rings is 1. The molecule has 0 spiro atoms. The molecule has 128 valence electrons. The Labute approximate surface area is 131 Å². The van der Waals surface area contributed by atoms with Crippen molar-refractivity contribution >= 4 is 5.91 Å². The van der Waals surface area contributed by atoms with E-state index in [2.05, 4.69) is 15.5 Å². The van der Waals surface area contributed by atoms with Crippen molar-refractivity contribution in [2.45, 2.75) is 12.6 Å². The predicted molar refractivity (Wildman–Crippen MR) is 77.7 cm³/mol. The van der Waals surface area contributed by atoms with E-state index >= 15 is 0 Å². The zero-order valence-electron chi connectivity index (χ0n) is 12.5. The monoisotopic (exact) mass is 333 g/mol. The zero-order valence-corrected chi connectivity index (χ0v) is 12.5. The number of amides is 1. The van der Waals surface area contributed by atoms with Gasteiger partial charge in [0.15, 0.2) is 0 Å². The van der Waals surface area contributed by atoms with Crippen molar-refractivity contribution < 1.29 is 22.4 Å². The largest absolute Gasteiger partial charge is 0.419 e. The van der Waals surface area contributed by atoms with Crippen molar-refractivity contribution in [1.82, 2.24) is 15.5 Å². The number of alkyl halides is 3. The van der Waals surface area contributed by atoms with Crippen LogP contribution in [0.1, 0.15) is 22.3 Å². The second-order valence-corrected chi connectivity index (χ2v) is 5.39. The standard InChI is InChI=1S/C15H19F4N3O/c16-13-3-2-11(10-12(13)15(17,18)19)14(23)21-4-1-7-22-8-5-20-6-9-22/h2-3,10,20H,1,4-9H2,(H,21,23). The molecule has 1 saturated heterocycles. The van der Waals surface area contributed by atoms with Gasteiger partial charge in [0.05, 0.1) is 5.56 Å². The number of halogens is 4. The third-order valence-corrected chi connectivity index (χ3v) is 3.68. The number of hydrogen-bond donors (Lipinski definition) is 2. The normalized spacial score (nSPS) is 16.3. The highest BCUT2D eigenvalue weighted by Crippen LogP contribution is 2.31. The Kier molecular flexibility index (Phi) is 5.95. The Balaban J connectivity index is 1.83. The van der Waals surface area contributed by atoms with Gasteiger partial charge in [-0.25, -0.2) is 4.39 Å². The quantitative estimate of drug-likeness (QED) is 0.639. The lowest BCUT2D eigenvalue weighted by atomic mass is 10.1. The second-order valence-electron chi connectivity index (χ2n) is 5.39. The van der Waals surface area contributed by atoms with Crippen LogP contribution in [0, 0.1) is 5.82 Å². The van der Waals surface area contributed by atoms with Crippen molar-refractivity contribution in [1.29, 1.82) is 0 Å². The summed E-state index contributed by atoms with van der Waals surface area (Å²) < 4.78 is 51.0. The molecule has 0 unspecified atom stereocenters. The van der Waals surface area contributed by atoms with E-state index in [1.807, 2.05) is 0 Å². The first kappa shape index (κ1) is 17.7. The molecule has 1 heterocycles. The Morgan fingerprint density at radius 1 is 1.26 bits per heavy atom. The number of rotatable bonds is 5. The molecule has 1 aromatic carbocycles. The van der Waals surface area contributed by atoms with Crippen LogP contribution in [0.5, 0.6) is 0 Å². The van der Waals surface area contributed by atoms with E-state index in [0.29, 0.717) is 25.1 Å². The molecule has 4 nitrogen and oxygen atoms in total. The summed E-state index contributed by atoms with van der Waals surface area (Å²) in [7, 11) is 0. The van der Waals surface area contributed by atoms with E-state index in [1.165, 1.54) is 0 Å². The fourth-order valence-electron chi connectivity index (χ4n) is 2.43. The third kappa shape index (κ3) is 5.18. The molecule has 0 bridgehead atoms. The molecule has 0 saturated carbocycles. The summed E-state index contributed by atoms with van der Waals surface area (Å²) >= 11 is 0. The minimum atomic E-state index is -4.82. The first-order chi connectivity index (χ1) is 10.9. The van der Waals surface area contributed by atoms with E-state index in [4.69, 9.17) is 0 Å². The van der Waals surface area contributed by atoms with Gasteiger partial charge in [-0.2, -0.15) is 13.2 Å². The van der Waals surface area contributed by atoms with E-state index in [0.717, 1.165) is 38.8 Å². The Hall–Kier alpha value is -1.67. The number of nitrogens with zero attached hydrogens (tertiary/aromatic N) is 1. The molecule has 8 heteroatoms. The molecular formula is C15H19F4N3O. The fourth-order valence-corrected chi connectivity index (χ4v) is 2.43. The van der Waals surface area contributed by atoms with Gasteiger partial charge in [0, 0.05) is 38.3 Å². The molecule has 1 aliphatic rings. The molecule has 1 fully saturated rings. The van der Waals surface area contributed by atoms with Gasteiger partial charge in [-0.1, -0.05) is 0 Å². The Morgan fingerprint density at radius 3 is 2.61 bits per heavy atom. The van der Waals surface area contributed by atoms with Crippen molar-refractivity contribution in [3.63, 3.8) is 0 Å². The highest BCUT2D eigenvalue weighted by atomic mass is 19.4. The van der Waals surface area contributed by atoms with Crippen molar-refractivity contribution in [3.8, 4) is 0 Å². The van der Waals surface area contributed by atoms with Crippen molar-refractivity contribution in [2.75, 3.05) is 39.3 Å². The maximum Gasteiger partial charge on any atom is 0.419 e. The van der Waals surface area contributed by atoms with Gasteiger partial charge in [-0.05, 0) is 31.2 Å². The summed E-state index contributed by atoms with van der Waals surface area (Å²) in [6.45, 7) is 4.94. The van der Waals surface area contributed by atoms with Crippen LogP contribution >= 0.6 is 0 Å². The van der Waals surface area contributed by atoms with E-state index in [-0.39, 0.29) is 5.56 Å². The molecule has 0 radical (unpaired) electrons. The lowest BCUT2D eigenvalue weighted by molar-refractivity contribution is -0.140. The molecule has 1 amide bonds. The molecule has 23 heavy (non-hydrogen) atoms. The number of hydrogen-bond acceptors (Lipinski definition) is 3. The smallest absolute Gasteiger partial charge is 0.352 e. The van der Waals surface area contributed by atoms with Crippen LogP contribution in [0.2, 0.25) is 0 Å². The second kappa shape index (κ2) is 7.74.